The van der Waals surface area contributed by atoms with E-state index in [-0.39, 0.29) is 37.3 Å². The van der Waals surface area contributed by atoms with Crippen LogP contribution >= 0.6 is 0 Å². The van der Waals surface area contributed by atoms with Crippen molar-refractivity contribution in [2.24, 2.45) is 5.92 Å². The van der Waals surface area contributed by atoms with Crippen molar-refractivity contribution in [3.63, 3.8) is 0 Å². The Bertz CT molecular complexity index is 940. The second-order valence-corrected chi connectivity index (χ2v) is 10.2. The number of alkyl carbamates (subject to hydrolysis) is 1. The summed E-state index contributed by atoms with van der Waals surface area (Å²) >= 11 is 0. The molecule has 2 aliphatic rings. The average molecular weight is 515 g/mol. The molecule has 1 aromatic carbocycles. The van der Waals surface area contributed by atoms with Gasteiger partial charge in [0.15, 0.2) is 0 Å². The zero-order valence-corrected chi connectivity index (χ0v) is 20.5. The molecule has 1 aromatic rings. The van der Waals surface area contributed by atoms with Crippen LogP contribution in [0, 0.1) is 5.92 Å². The highest BCUT2D eigenvalue weighted by atomic mass is 19.4. The first-order valence-electron chi connectivity index (χ1n) is 11.8. The highest BCUT2D eigenvalue weighted by molar-refractivity contribution is 5.77. The number of nitrogens with one attached hydrogen (secondary N) is 1. The lowest BCUT2D eigenvalue weighted by atomic mass is 9.84. The van der Waals surface area contributed by atoms with Crippen molar-refractivity contribution in [2.75, 3.05) is 26.2 Å². The zero-order chi connectivity index (χ0) is 26.7. The summed E-state index contributed by atoms with van der Waals surface area (Å²) in [6.07, 6.45) is -4.09. The molecule has 2 heterocycles. The van der Waals surface area contributed by atoms with E-state index in [0.29, 0.717) is 31.5 Å². The fourth-order valence-corrected chi connectivity index (χ4v) is 4.50. The second kappa shape index (κ2) is 10.8. The van der Waals surface area contributed by atoms with Gasteiger partial charge in [0.05, 0.1) is 0 Å². The van der Waals surface area contributed by atoms with Gasteiger partial charge in [-0.2, -0.15) is 0 Å². The lowest BCUT2D eigenvalue weighted by Gasteiger charge is -2.42. The first kappa shape index (κ1) is 27.4. The smallest absolute Gasteiger partial charge is 0.550 e. The molecule has 9 nitrogen and oxygen atoms in total. The summed E-state index contributed by atoms with van der Waals surface area (Å²) in [4.78, 5) is 39.9. The van der Waals surface area contributed by atoms with Crippen molar-refractivity contribution in [1.82, 2.24) is 15.1 Å². The van der Waals surface area contributed by atoms with Crippen LogP contribution in [0.2, 0.25) is 0 Å². The topological polar surface area (TPSA) is 111 Å². The van der Waals surface area contributed by atoms with Crippen LogP contribution in [0.15, 0.2) is 24.3 Å². The maximum atomic E-state index is 13.2. The molecule has 0 aromatic heterocycles. The Labute approximate surface area is 207 Å². The minimum absolute atomic E-state index is 0.0109. The van der Waals surface area contributed by atoms with Crippen LogP contribution in [0.3, 0.4) is 0 Å². The fraction of sp³-hybridized carbons (Fsp3) is 0.625. The molecule has 2 fully saturated rings. The van der Waals surface area contributed by atoms with Gasteiger partial charge in [0.25, 0.3) is 0 Å². The largest absolute Gasteiger partial charge is 0.573 e. The normalized spacial score (nSPS) is 21.6. The monoisotopic (exact) mass is 514 g/mol. The molecule has 3 rings (SSSR count). The lowest BCUT2D eigenvalue weighted by molar-refractivity contribution is -0.312. The molecule has 0 radical (unpaired) electrons. The fourth-order valence-electron chi connectivity index (χ4n) is 4.50. The summed E-state index contributed by atoms with van der Waals surface area (Å²) in [5.74, 6) is -2.97. The van der Waals surface area contributed by atoms with Gasteiger partial charge < -0.3 is 34.5 Å². The van der Waals surface area contributed by atoms with Crippen molar-refractivity contribution in [3.05, 3.63) is 29.8 Å². The van der Waals surface area contributed by atoms with E-state index >= 15 is 0 Å². The van der Waals surface area contributed by atoms with E-state index in [9.17, 15) is 32.7 Å². The predicted octanol–water partition coefficient (Wildman–Crippen LogP) is 2.85. The van der Waals surface area contributed by atoms with Gasteiger partial charge in [0, 0.05) is 50.0 Å². The number of carboxylic acid groups (broad SMARTS) is 1. The standard InChI is InChI=1S/C24H32F3N3O6/c1-23(2,3)36-21(33)28-18-8-10-29(11-9-18)22(34)30-13-16(12-17(14-30)20(31)32)15-4-6-19(7-5-15)35-24(25,26)27/h4-7,16-18H,8-14H2,1-3H3,(H,28,33)(H,31,32)/p-1. The molecule has 36 heavy (non-hydrogen) atoms. The van der Waals surface area contributed by atoms with E-state index in [1.165, 1.54) is 29.2 Å². The number of piperidine rings is 2. The summed E-state index contributed by atoms with van der Waals surface area (Å²) in [5.41, 5.74) is -0.0132. The van der Waals surface area contributed by atoms with Crippen molar-refractivity contribution in [2.45, 2.75) is 64.0 Å². The number of carbonyl (C=O) groups is 3. The van der Waals surface area contributed by atoms with Crippen molar-refractivity contribution < 1.29 is 42.1 Å². The molecule has 2 unspecified atom stereocenters. The minimum atomic E-state index is -4.81. The van der Waals surface area contributed by atoms with Gasteiger partial charge in [-0.15, -0.1) is 13.2 Å². The third kappa shape index (κ3) is 7.92. The molecule has 3 amide bonds. The average Bonchev–Trinajstić information content (AvgIpc) is 2.77. The van der Waals surface area contributed by atoms with Gasteiger partial charge in [-0.25, -0.2) is 9.59 Å². The molecule has 1 N–H and O–H groups in total. The number of halogens is 3. The van der Waals surface area contributed by atoms with E-state index in [4.69, 9.17) is 4.74 Å². The molecule has 0 spiro atoms. The van der Waals surface area contributed by atoms with Crippen molar-refractivity contribution in [3.8, 4) is 5.75 Å². The van der Waals surface area contributed by atoms with Gasteiger partial charge in [-0.3, -0.25) is 0 Å². The number of carboxylic acids is 1. The molecule has 0 saturated carbocycles. The Morgan fingerprint density at radius 3 is 2.14 bits per heavy atom. The van der Waals surface area contributed by atoms with Crippen molar-refractivity contribution in [1.29, 1.82) is 0 Å². The van der Waals surface area contributed by atoms with Crippen LogP contribution < -0.4 is 15.2 Å². The number of alkyl halides is 3. The maximum Gasteiger partial charge on any atom is 0.573 e. The Morgan fingerprint density at radius 1 is 1.00 bits per heavy atom. The van der Waals surface area contributed by atoms with E-state index in [0.717, 1.165) is 0 Å². The summed E-state index contributed by atoms with van der Waals surface area (Å²) in [5, 5.41) is 14.5. The predicted molar refractivity (Wildman–Crippen MR) is 120 cm³/mol. The lowest BCUT2D eigenvalue weighted by Crippen LogP contribution is -2.55. The number of hydrogen-bond donors (Lipinski definition) is 1. The Kier molecular flexibility index (Phi) is 8.25. The number of benzene rings is 1. The van der Waals surface area contributed by atoms with Crippen LogP contribution in [0.25, 0.3) is 0 Å². The van der Waals surface area contributed by atoms with Gasteiger partial charge in [-0.05, 0) is 57.7 Å². The van der Waals surface area contributed by atoms with E-state index < -0.39 is 35.9 Å². The minimum Gasteiger partial charge on any atom is -0.550 e. The number of likely N-dealkylation sites (tertiary alicyclic amines) is 2. The summed E-state index contributed by atoms with van der Waals surface area (Å²) in [6.45, 7) is 6.26. The first-order chi connectivity index (χ1) is 16.7. The third-order valence-electron chi connectivity index (χ3n) is 6.13. The van der Waals surface area contributed by atoms with Gasteiger partial charge >= 0.3 is 18.5 Å². The number of amides is 3. The van der Waals surface area contributed by atoms with Crippen LogP contribution in [-0.2, 0) is 9.53 Å². The Hall–Kier alpha value is -3.18. The van der Waals surface area contributed by atoms with E-state index in [1.54, 1.807) is 25.7 Å². The van der Waals surface area contributed by atoms with E-state index in [1.807, 2.05) is 0 Å². The summed E-state index contributed by atoms with van der Waals surface area (Å²) in [7, 11) is 0. The molecule has 2 atom stereocenters. The van der Waals surface area contributed by atoms with Crippen molar-refractivity contribution >= 4 is 18.1 Å². The molecular formula is C24H31F3N3O6-. The SMILES string of the molecule is CC(C)(C)OC(=O)NC1CCN(C(=O)N2CC(C(=O)[O-])CC(c3ccc(OC(F)(F)F)cc3)C2)CC1. The summed E-state index contributed by atoms with van der Waals surface area (Å²) < 4.78 is 46.5. The molecule has 2 aliphatic heterocycles. The molecule has 0 aliphatic carbocycles. The van der Waals surface area contributed by atoms with Gasteiger partial charge in [0.1, 0.15) is 11.4 Å². The third-order valence-corrected chi connectivity index (χ3v) is 6.13. The van der Waals surface area contributed by atoms with Crippen LogP contribution in [0.4, 0.5) is 22.8 Å². The van der Waals surface area contributed by atoms with E-state index in [2.05, 4.69) is 10.1 Å². The van der Waals surface area contributed by atoms with Crippen LogP contribution in [0.5, 0.6) is 5.75 Å². The first-order valence-corrected chi connectivity index (χ1v) is 11.8. The number of urea groups is 1. The molecule has 200 valence electrons. The molecule has 2 saturated heterocycles. The number of aliphatic carboxylic acids is 1. The number of nitrogens with zero attached hydrogens (tertiary/aromatic N) is 2. The molecule has 12 heteroatoms. The van der Waals surface area contributed by atoms with Crippen LogP contribution in [-0.4, -0.2) is 72.1 Å². The Balaban J connectivity index is 1.61. The highest BCUT2D eigenvalue weighted by Gasteiger charge is 2.35. The number of rotatable bonds is 4. The van der Waals surface area contributed by atoms with Gasteiger partial charge in [0.2, 0.25) is 0 Å². The zero-order valence-electron chi connectivity index (χ0n) is 20.5. The Morgan fingerprint density at radius 2 is 1.61 bits per heavy atom. The molecular weight excluding hydrogens is 483 g/mol. The number of ether oxygens (including phenoxy) is 2. The summed E-state index contributed by atoms with van der Waals surface area (Å²) in [6, 6.07) is 4.75. The highest BCUT2D eigenvalue weighted by Crippen LogP contribution is 2.33. The van der Waals surface area contributed by atoms with Crippen LogP contribution in [0.1, 0.15) is 51.5 Å². The maximum absolute atomic E-state index is 13.2. The quantitative estimate of drug-likeness (QED) is 0.662. The van der Waals surface area contributed by atoms with Gasteiger partial charge in [-0.1, -0.05) is 12.1 Å². The molecule has 0 bridgehead atoms. The second-order valence-electron chi connectivity index (χ2n) is 10.2. The number of carbonyl (C=O) groups excluding carboxylic acids is 3. The number of hydrogen-bond acceptors (Lipinski definition) is 6.